The van der Waals surface area contributed by atoms with E-state index in [0.29, 0.717) is 17.0 Å². The lowest BCUT2D eigenvalue weighted by Gasteiger charge is -2.07. The first-order valence-corrected chi connectivity index (χ1v) is 8.96. The maximum atomic E-state index is 12.3. The van der Waals surface area contributed by atoms with Crippen LogP contribution in [0.3, 0.4) is 0 Å². The number of carbonyl (C=O) groups excluding carboxylic acids is 1. The summed E-state index contributed by atoms with van der Waals surface area (Å²) in [5.74, 6) is 0.125. The van der Waals surface area contributed by atoms with Crippen LogP contribution >= 0.6 is 22.6 Å². The molecule has 2 rings (SSSR count). The molecule has 6 heteroatoms. The van der Waals surface area contributed by atoms with Gasteiger partial charge in [-0.25, -0.2) is 0 Å². The fourth-order valence-electron chi connectivity index (χ4n) is 2.17. The Kier molecular flexibility index (Phi) is 7.19. The molecule has 0 bridgehead atoms. The van der Waals surface area contributed by atoms with Crippen molar-refractivity contribution in [3.8, 4) is 17.9 Å². The molecule has 0 aliphatic carbocycles. The fraction of sp³-hybridized carbons (Fsp3) is 0.150. The van der Waals surface area contributed by atoms with E-state index in [-0.39, 0.29) is 12.2 Å². The summed E-state index contributed by atoms with van der Waals surface area (Å²) in [7, 11) is 0. The average Bonchev–Trinajstić information content (AvgIpc) is 2.66. The van der Waals surface area contributed by atoms with Crippen LogP contribution in [-0.4, -0.2) is 12.5 Å². The highest BCUT2D eigenvalue weighted by atomic mass is 127. The molecule has 0 saturated heterocycles. The lowest BCUT2D eigenvalue weighted by atomic mass is 10.1. The van der Waals surface area contributed by atoms with Crippen molar-refractivity contribution in [3.05, 3.63) is 62.7 Å². The van der Waals surface area contributed by atoms with Gasteiger partial charge in [0.1, 0.15) is 23.5 Å². The number of rotatable bonds is 6. The number of nitrogens with one attached hydrogen (secondary N) is 1. The molecule has 0 aliphatic heterocycles. The van der Waals surface area contributed by atoms with Gasteiger partial charge in [0.25, 0.3) is 5.91 Å². The Balaban J connectivity index is 2.15. The van der Waals surface area contributed by atoms with Gasteiger partial charge < -0.3 is 10.1 Å². The second-order valence-electron chi connectivity index (χ2n) is 5.31. The van der Waals surface area contributed by atoms with Crippen LogP contribution < -0.4 is 10.1 Å². The first-order valence-electron chi connectivity index (χ1n) is 7.88. The summed E-state index contributed by atoms with van der Waals surface area (Å²) in [6.45, 7) is 2.02. The first kappa shape index (κ1) is 19.5. The Labute approximate surface area is 166 Å². The van der Waals surface area contributed by atoms with E-state index in [1.54, 1.807) is 18.2 Å². The number of anilines is 1. The third-order valence-corrected chi connectivity index (χ3v) is 4.39. The van der Waals surface area contributed by atoms with E-state index in [1.807, 2.05) is 36.4 Å². The molecule has 0 radical (unpaired) electrons. The van der Waals surface area contributed by atoms with E-state index < -0.39 is 5.91 Å². The molecule has 0 unspecified atom stereocenters. The molecule has 0 heterocycles. The zero-order valence-corrected chi connectivity index (χ0v) is 16.3. The standard InChI is InChI=1S/C20H16IN3O2/c1-2-14-3-6-17(7-4-14)24-20(25)16(13-23)11-15-5-8-19(18(21)12-15)26-10-9-22/h3-8,11-12H,2,10H2,1H3,(H,24,25)/b16-11+. The number of hydrogen-bond acceptors (Lipinski definition) is 4. The number of hydrogen-bond donors (Lipinski definition) is 1. The number of aryl methyl sites for hydroxylation is 1. The molecule has 0 atom stereocenters. The molecule has 5 nitrogen and oxygen atoms in total. The largest absolute Gasteiger partial charge is 0.478 e. The highest BCUT2D eigenvalue weighted by Gasteiger charge is 2.10. The number of carbonyl (C=O) groups is 1. The topological polar surface area (TPSA) is 85.9 Å². The van der Waals surface area contributed by atoms with Crippen LogP contribution in [0.5, 0.6) is 5.75 Å². The van der Waals surface area contributed by atoms with E-state index >= 15 is 0 Å². The van der Waals surface area contributed by atoms with Crippen LogP contribution in [0.25, 0.3) is 6.08 Å². The van der Waals surface area contributed by atoms with Crippen molar-refractivity contribution in [2.24, 2.45) is 0 Å². The third-order valence-electron chi connectivity index (χ3n) is 3.54. The molecule has 0 fully saturated rings. The molecule has 0 saturated carbocycles. The minimum Gasteiger partial charge on any atom is -0.478 e. The summed E-state index contributed by atoms with van der Waals surface area (Å²) in [5.41, 5.74) is 2.52. The lowest BCUT2D eigenvalue weighted by molar-refractivity contribution is -0.112. The van der Waals surface area contributed by atoms with Crippen molar-refractivity contribution in [3.63, 3.8) is 0 Å². The van der Waals surface area contributed by atoms with E-state index in [2.05, 4.69) is 34.8 Å². The number of ether oxygens (including phenoxy) is 1. The van der Waals surface area contributed by atoms with E-state index in [1.165, 1.54) is 11.6 Å². The average molecular weight is 457 g/mol. The van der Waals surface area contributed by atoms with Crippen molar-refractivity contribution >= 4 is 40.3 Å². The summed E-state index contributed by atoms with van der Waals surface area (Å²) in [6.07, 6.45) is 2.44. The number of halogens is 1. The van der Waals surface area contributed by atoms with E-state index in [9.17, 15) is 10.1 Å². The molecule has 0 spiro atoms. The van der Waals surface area contributed by atoms with E-state index in [0.717, 1.165) is 9.99 Å². The van der Waals surface area contributed by atoms with Gasteiger partial charge in [0.05, 0.1) is 3.57 Å². The molecule has 1 amide bonds. The van der Waals surface area contributed by atoms with Crippen LogP contribution in [0, 0.1) is 26.2 Å². The molecule has 2 aromatic rings. The number of nitrogens with zero attached hydrogens (tertiary/aromatic N) is 2. The molecule has 0 aliphatic rings. The van der Waals surface area contributed by atoms with Crippen LogP contribution in [-0.2, 0) is 11.2 Å². The predicted molar refractivity (Wildman–Crippen MR) is 108 cm³/mol. The SMILES string of the molecule is CCc1ccc(NC(=O)/C(C#N)=C/c2ccc(OCC#N)c(I)c2)cc1. The fourth-order valence-corrected chi connectivity index (χ4v) is 2.87. The monoisotopic (exact) mass is 457 g/mol. The molecular formula is C20H16IN3O2. The zero-order valence-electron chi connectivity index (χ0n) is 14.1. The number of amides is 1. The minimum absolute atomic E-state index is 0.00561. The maximum absolute atomic E-state index is 12.3. The molecule has 26 heavy (non-hydrogen) atoms. The zero-order chi connectivity index (χ0) is 18.9. The Bertz CT molecular complexity index is 906. The van der Waals surface area contributed by atoms with Crippen molar-refractivity contribution in [2.45, 2.75) is 13.3 Å². The Morgan fingerprint density at radius 2 is 1.96 bits per heavy atom. The second kappa shape index (κ2) is 9.59. The van der Waals surface area contributed by atoms with E-state index in [4.69, 9.17) is 10.00 Å². The lowest BCUT2D eigenvalue weighted by Crippen LogP contribution is -2.13. The van der Waals surface area contributed by atoms with Crippen LogP contribution in [0.1, 0.15) is 18.1 Å². The van der Waals surface area contributed by atoms with Gasteiger partial charge in [-0.1, -0.05) is 25.1 Å². The van der Waals surface area contributed by atoms with Gasteiger partial charge >= 0.3 is 0 Å². The summed E-state index contributed by atoms with van der Waals surface area (Å²) >= 11 is 2.08. The van der Waals surface area contributed by atoms with Crippen molar-refractivity contribution < 1.29 is 9.53 Å². The smallest absolute Gasteiger partial charge is 0.266 e. The van der Waals surface area contributed by atoms with Crippen LogP contribution in [0.2, 0.25) is 0 Å². The van der Waals surface area contributed by atoms with Gasteiger partial charge in [-0.15, -0.1) is 0 Å². The minimum atomic E-state index is -0.462. The van der Waals surface area contributed by atoms with Crippen molar-refractivity contribution in [2.75, 3.05) is 11.9 Å². The molecule has 2 aromatic carbocycles. The molecule has 0 aromatic heterocycles. The number of benzene rings is 2. The Morgan fingerprint density at radius 3 is 2.54 bits per heavy atom. The quantitative estimate of drug-likeness (QED) is 0.398. The summed E-state index contributed by atoms with van der Waals surface area (Å²) in [4.78, 5) is 12.3. The van der Waals surface area contributed by atoms with Gasteiger partial charge in [0.15, 0.2) is 6.61 Å². The van der Waals surface area contributed by atoms with Gasteiger partial charge in [0, 0.05) is 5.69 Å². The van der Waals surface area contributed by atoms with Crippen LogP contribution in [0.4, 0.5) is 5.69 Å². The highest BCUT2D eigenvalue weighted by Crippen LogP contribution is 2.23. The summed E-state index contributed by atoms with van der Waals surface area (Å²) in [6, 6.07) is 16.6. The Morgan fingerprint density at radius 1 is 1.23 bits per heavy atom. The predicted octanol–water partition coefficient (Wildman–Crippen LogP) is 4.30. The van der Waals surface area contributed by atoms with Crippen molar-refractivity contribution in [1.82, 2.24) is 0 Å². The van der Waals surface area contributed by atoms with Crippen LogP contribution in [0.15, 0.2) is 48.0 Å². The summed E-state index contributed by atoms with van der Waals surface area (Å²) < 4.78 is 6.08. The molecule has 130 valence electrons. The maximum Gasteiger partial charge on any atom is 0.266 e. The highest BCUT2D eigenvalue weighted by molar-refractivity contribution is 14.1. The second-order valence-corrected chi connectivity index (χ2v) is 6.47. The van der Waals surface area contributed by atoms with Gasteiger partial charge in [-0.2, -0.15) is 10.5 Å². The molecular weight excluding hydrogens is 441 g/mol. The van der Waals surface area contributed by atoms with Crippen molar-refractivity contribution in [1.29, 1.82) is 10.5 Å². The third kappa shape index (κ3) is 5.33. The normalized spacial score (nSPS) is 10.5. The molecule has 1 N–H and O–H groups in total. The van der Waals surface area contributed by atoms with Gasteiger partial charge in [-0.05, 0) is 70.5 Å². The first-order chi connectivity index (χ1) is 12.6. The number of nitriles is 2. The van der Waals surface area contributed by atoms with Gasteiger partial charge in [-0.3, -0.25) is 4.79 Å². The van der Waals surface area contributed by atoms with Gasteiger partial charge in [0.2, 0.25) is 0 Å². The Hall–Kier alpha value is -2.84. The summed E-state index contributed by atoms with van der Waals surface area (Å²) in [5, 5.41) is 20.6.